The molecule has 0 saturated heterocycles. The number of carbonyl (C=O) groups excluding carboxylic acids is 2. The third kappa shape index (κ3) is 12.6. The lowest BCUT2D eigenvalue weighted by atomic mass is 9.86. The second-order valence-electron chi connectivity index (χ2n) is 8.27. The van der Waals surface area contributed by atoms with Gasteiger partial charge >= 0.3 is 0 Å². The van der Waals surface area contributed by atoms with Crippen molar-refractivity contribution in [2.24, 2.45) is 22.1 Å². The summed E-state index contributed by atoms with van der Waals surface area (Å²) in [7, 11) is 0. The smallest absolute Gasteiger partial charge is 0.251 e. The van der Waals surface area contributed by atoms with Crippen LogP contribution in [0.5, 0.6) is 0 Å². The summed E-state index contributed by atoms with van der Waals surface area (Å²) in [6.45, 7) is 10.7. The van der Waals surface area contributed by atoms with Crippen molar-refractivity contribution >= 4 is 17.8 Å². The summed E-state index contributed by atoms with van der Waals surface area (Å²) >= 11 is 0. The predicted octanol–water partition coefficient (Wildman–Crippen LogP) is 1.73. The molecule has 168 valence electrons. The number of nitrogens with one attached hydrogen (secondary N) is 3. The fourth-order valence-electron chi connectivity index (χ4n) is 2.59. The maximum absolute atomic E-state index is 12.7. The summed E-state index contributed by atoms with van der Waals surface area (Å²) in [5.74, 6) is -0.223. The van der Waals surface area contributed by atoms with Crippen molar-refractivity contribution in [2.75, 3.05) is 13.1 Å². The highest BCUT2D eigenvalue weighted by Gasteiger charge is 2.30. The Morgan fingerprint density at radius 2 is 1.86 bits per heavy atom. The van der Waals surface area contributed by atoms with Gasteiger partial charge in [-0.05, 0) is 31.6 Å². The van der Waals surface area contributed by atoms with E-state index in [0.717, 1.165) is 25.7 Å². The van der Waals surface area contributed by atoms with Crippen LogP contribution >= 0.6 is 0 Å². The summed E-state index contributed by atoms with van der Waals surface area (Å²) in [5.41, 5.74) is 6.58. The molecular formula is C19H38N6O4. The molecule has 5 N–H and O–H groups in total. The SMILES string of the molecule is CCCCC(C)(C)C(=O)N[C@@H](CCCN=C(N)N[N+](=O)[O-])C(=O)NCCC(C)C. The number of amides is 2. The lowest BCUT2D eigenvalue weighted by Gasteiger charge is -2.27. The molecule has 10 heteroatoms. The van der Waals surface area contributed by atoms with Crippen molar-refractivity contribution in [3.8, 4) is 0 Å². The Morgan fingerprint density at radius 3 is 2.41 bits per heavy atom. The Bertz CT molecular complexity index is 563. The highest BCUT2D eigenvalue weighted by Crippen LogP contribution is 2.23. The Balaban J connectivity index is 4.89. The average Bonchev–Trinajstić information content (AvgIpc) is 2.61. The minimum absolute atomic E-state index is 0.159. The van der Waals surface area contributed by atoms with Gasteiger partial charge < -0.3 is 16.4 Å². The summed E-state index contributed by atoms with van der Waals surface area (Å²) < 4.78 is 0. The largest absolute Gasteiger partial charge is 0.365 e. The van der Waals surface area contributed by atoms with Crippen LogP contribution in [0.4, 0.5) is 0 Å². The van der Waals surface area contributed by atoms with Gasteiger partial charge in [-0.3, -0.25) is 9.59 Å². The average molecular weight is 415 g/mol. The zero-order chi connectivity index (χ0) is 22.4. The zero-order valence-corrected chi connectivity index (χ0v) is 18.4. The monoisotopic (exact) mass is 414 g/mol. The van der Waals surface area contributed by atoms with Crippen molar-refractivity contribution in [3.05, 3.63) is 10.1 Å². The second kappa shape index (κ2) is 13.7. The molecule has 0 unspecified atom stereocenters. The van der Waals surface area contributed by atoms with Gasteiger partial charge in [0.05, 0.1) is 0 Å². The van der Waals surface area contributed by atoms with E-state index < -0.39 is 16.5 Å². The fourth-order valence-corrected chi connectivity index (χ4v) is 2.59. The Kier molecular flexibility index (Phi) is 12.6. The van der Waals surface area contributed by atoms with Crippen molar-refractivity contribution in [1.29, 1.82) is 0 Å². The summed E-state index contributed by atoms with van der Waals surface area (Å²) in [6, 6.07) is -0.685. The van der Waals surface area contributed by atoms with Crippen LogP contribution in [-0.4, -0.2) is 41.9 Å². The molecule has 0 aromatic heterocycles. The van der Waals surface area contributed by atoms with Gasteiger partial charge in [-0.1, -0.05) is 52.9 Å². The molecule has 0 aliphatic carbocycles. The molecule has 1 atom stereocenters. The highest BCUT2D eigenvalue weighted by molar-refractivity contribution is 5.89. The van der Waals surface area contributed by atoms with Gasteiger partial charge in [-0.25, -0.2) is 15.1 Å². The van der Waals surface area contributed by atoms with Crippen molar-refractivity contribution in [3.63, 3.8) is 0 Å². The van der Waals surface area contributed by atoms with E-state index in [1.54, 1.807) is 5.43 Å². The number of nitro groups is 1. The van der Waals surface area contributed by atoms with Crippen LogP contribution in [0.15, 0.2) is 4.99 Å². The number of unbranched alkanes of at least 4 members (excludes halogenated alkanes) is 1. The van der Waals surface area contributed by atoms with E-state index in [9.17, 15) is 19.7 Å². The first kappa shape index (κ1) is 26.6. The van der Waals surface area contributed by atoms with Gasteiger partial charge in [0.1, 0.15) is 6.04 Å². The number of hydrazine groups is 1. The van der Waals surface area contributed by atoms with Crippen LogP contribution in [0.2, 0.25) is 0 Å². The zero-order valence-electron chi connectivity index (χ0n) is 18.4. The molecule has 0 radical (unpaired) electrons. The van der Waals surface area contributed by atoms with Gasteiger partial charge in [0.2, 0.25) is 11.8 Å². The molecule has 29 heavy (non-hydrogen) atoms. The van der Waals surface area contributed by atoms with Gasteiger partial charge in [0, 0.05) is 18.5 Å². The number of aliphatic imine (C=N–C) groups is 1. The van der Waals surface area contributed by atoms with E-state index in [0.29, 0.717) is 25.3 Å². The standard InChI is InChI=1S/C19H38N6O4/c1-6-7-11-19(4,5)17(27)23-15(16(26)21-13-10-14(2)3)9-8-12-22-18(20)24-25(28)29/h14-15H,6-13H2,1-5H3,(H,21,26)(H,23,27)(H3,20,22,24)/t15-/m0/s1. The molecule has 0 aromatic rings. The molecule has 0 aliphatic rings. The fraction of sp³-hybridized carbons (Fsp3) is 0.842. The number of nitrogens with two attached hydrogens (primary N) is 1. The van der Waals surface area contributed by atoms with Crippen LogP contribution in [0.1, 0.15) is 73.1 Å². The molecule has 0 heterocycles. The molecule has 0 spiro atoms. The lowest BCUT2D eigenvalue weighted by molar-refractivity contribution is -0.525. The summed E-state index contributed by atoms with van der Waals surface area (Å²) in [4.78, 5) is 39.5. The molecule has 0 aliphatic heterocycles. The highest BCUT2D eigenvalue weighted by atomic mass is 16.7. The van der Waals surface area contributed by atoms with Crippen molar-refractivity contribution < 1.29 is 14.6 Å². The third-order valence-electron chi connectivity index (χ3n) is 4.55. The third-order valence-corrected chi connectivity index (χ3v) is 4.55. The maximum Gasteiger partial charge on any atom is 0.251 e. The number of carbonyl (C=O) groups is 2. The Hall–Kier alpha value is -2.39. The molecule has 0 aromatic carbocycles. The quantitative estimate of drug-likeness (QED) is 0.112. The molecular weight excluding hydrogens is 376 g/mol. The normalized spacial score (nSPS) is 13.1. The summed E-state index contributed by atoms with van der Waals surface area (Å²) in [5, 5.41) is 15.3. The first-order valence-corrected chi connectivity index (χ1v) is 10.3. The Labute approximate surface area is 173 Å². The van der Waals surface area contributed by atoms with E-state index in [-0.39, 0.29) is 24.3 Å². The molecule has 2 amide bonds. The number of guanidine groups is 1. The van der Waals surface area contributed by atoms with E-state index >= 15 is 0 Å². The first-order valence-electron chi connectivity index (χ1n) is 10.3. The number of rotatable bonds is 14. The first-order chi connectivity index (χ1) is 13.5. The number of hydrogen-bond acceptors (Lipinski definition) is 5. The van der Waals surface area contributed by atoms with Crippen LogP contribution in [0.25, 0.3) is 0 Å². The number of hydrogen-bond donors (Lipinski definition) is 4. The van der Waals surface area contributed by atoms with Gasteiger partial charge in [-0.2, -0.15) is 0 Å². The van der Waals surface area contributed by atoms with E-state index in [2.05, 4.69) is 36.4 Å². The molecule has 0 saturated carbocycles. The van der Waals surface area contributed by atoms with Gasteiger partial charge in [-0.15, -0.1) is 0 Å². The molecule has 0 bridgehead atoms. The van der Waals surface area contributed by atoms with Crippen molar-refractivity contribution in [1.82, 2.24) is 16.1 Å². The van der Waals surface area contributed by atoms with E-state index in [1.165, 1.54) is 0 Å². The van der Waals surface area contributed by atoms with Crippen LogP contribution in [-0.2, 0) is 9.59 Å². The number of nitrogens with zero attached hydrogens (tertiary/aromatic N) is 2. The Morgan fingerprint density at radius 1 is 1.21 bits per heavy atom. The van der Waals surface area contributed by atoms with Crippen molar-refractivity contribution in [2.45, 2.75) is 79.2 Å². The lowest BCUT2D eigenvalue weighted by Crippen LogP contribution is -2.50. The second-order valence-corrected chi connectivity index (χ2v) is 8.27. The summed E-state index contributed by atoms with van der Waals surface area (Å²) in [6.07, 6.45) is 4.32. The molecule has 10 nitrogen and oxygen atoms in total. The van der Waals surface area contributed by atoms with Crippen LogP contribution in [0.3, 0.4) is 0 Å². The minimum Gasteiger partial charge on any atom is -0.365 e. The maximum atomic E-state index is 12.7. The van der Waals surface area contributed by atoms with E-state index in [1.807, 2.05) is 13.8 Å². The van der Waals surface area contributed by atoms with E-state index in [4.69, 9.17) is 5.73 Å². The van der Waals surface area contributed by atoms with Crippen LogP contribution in [0, 0.1) is 21.4 Å². The van der Waals surface area contributed by atoms with Crippen LogP contribution < -0.4 is 21.8 Å². The van der Waals surface area contributed by atoms with Gasteiger partial charge in [0.15, 0.2) is 5.03 Å². The predicted molar refractivity (Wildman–Crippen MR) is 114 cm³/mol. The molecule has 0 rings (SSSR count). The van der Waals surface area contributed by atoms with Gasteiger partial charge in [0.25, 0.3) is 5.96 Å². The topological polar surface area (TPSA) is 152 Å². The molecule has 0 fully saturated rings. The minimum atomic E-state index is -0.789.